The van der Waals surface area contributed by atoms with Crippen molar-refractivity contribution < 1.29 is 4.79 Å². The summed E-state index contributed by atoms with van der Waals surface area (Å²) in [6.07, 6.45) is 1.59. The first-order chi connectivity index (χ1) is 9.92. The highest BCUT2D eigenvalue weighted by atomic mass is 79.9. The number of hydrogen-bond acceptors (Lipinski definition) is 5. The molecule has 0 aromatic carbocycles. The van der Waals surface area contributed by atoms with Gasteiger partial charge in [0, 0.05) is 25.2 Å². The van der Waals surface area contributed by atoms with Gasteiger partial charge in [-0.2, -0.15) is 5.10 Å². The van der Waals surface area contributed by atoms with E-state index in [4.69, 9.17) is 0 Å². The quantitative estimate of drug-likeness (QED) is 0.678. The molecule has 2 heterocycles. The molecule has 0 radical (unpaired) electrons. The van der Waals surface area contributed by atoms with E-state index in [1.54, 1.807) is 12.3 Å². The van der Waals surface area contributed by atoms with Gasteiger partial charge in [0.25, 0.3) is 5.56 Å². The fourth-order valence-corrected chi connectivity index (χ4v) is 4.54. The maximum Gasteiger partial charge on any atom is 0.269 e. The van der Waals surface area contributed by atoms with E-state index in [1.807, 2.05) is 18.9 Å². The Kier molecular flexibility index (Phi) is 5.34. The van der Waals surface area contributed by atoms with Crippen molar-refractivity contribution in [2.45, 2.75) is 13.5 Å². The molecule has 2 aromatic heterocycles. The van der Waals surface area contributed by atoms with Crippen LogP contribution in [0.1, 0.15) is 17.3 Å². The molecular weight excluding hydrogens is 422 g/mol. The summed E-state index contributed by atoms with van der Waals surface area (Å²) in [6.45, 7) is 2.69. The SMILES string of the molecule is CCN(C)c1cnn(CC(=O)c2cc(Br)sc2Br)c(=O)c1. The first kappa shape index (κ1) is 16.4. The molecular formula is C13H13Br2N3O2S. The molecule has 0 atom stereocenters. The molecule has 0 amide bonds. The van der Waals surface area contributed by atoms with E-state index in [1.165, 1.54) is 22.1 Å². The van der Waals surface area contributed by atoms with E-state index in [9.17, 15) is 9.59 Å². The number of rotatable bonds is 5. The predicted molar refractivity (Wildman–Crippen MR) is 91.5 cm³/mol. The van der Waals surface area contributed by atoms with Crippen LogP contribution in [-0.2, 0) is 6.54 Å². The summed E-state index contributed by atoms with van der Waals surface area (Å²) in [5.74, 6) is -0.157. The van der Waals surface area contributed by atoms with Gasteiger partial charge in [0.2, 0.25) is 0 Å². The first-order valence-corrected chi connectivity index (χ1v) is 8.59. The van der Waals surface area contributed by atoms with Crippen molar-refractivity contribution in [2.75, 3.05) is 18.5 Å². The Labute approximate surface area is 142 Å². The summed E-state index contributed by atoms with van der Waals surface area (Å²) in [5.41, 5.74) is 1.01. The van der Waals surface area contributed by atoms with Crippen LogP contribution >= 0.6 is 43.2 Å². The second kappa shape index (κ2) is 6.85. The third-order valence-corrected chi connectivity index (χ3v) is 5.36. The topological polar surface area (TPSA) is 55.2 Å². The van der Waals surface area contributed by atoms with Crippen molar-refractivity contribution in [3.05, 3.63) is 41.8 Å². The van der Waals surface area contributed by atoms with Crippen LogP contribution in [0.5, 0.6) is 0 Å². The van der Waals surface area contributed by atoms with Gasteiger partial charge in [-0.25, -0.2) is 4.68 Å². The average molecular weight is 435 g/mol. The summed E-state index contributed by atoms with van der Waals surface area (Å²) in [5, 5.41) is 4.07. The second-order valence-electron chi connectivity index (χ2n) is 4.38. The lowest BCUT2D eigenvalue weighted by Crippen LogP contribution is -2.28. The molecule has 2 aromatic rings. The third kappa shape index (κ3) is 3.81. The molecule has 5 nitrogen and oxygen atoms in total. The van der Waals surface area contributed by atoms with Gasteiger partial charge in [0.1, 0.15) is 6.54 Å². The molecule has 0 fully saturated rings. The van der Waals surface area contributed by atoms with E-state index >= 15 is 0 Å². The minimum absolute atomic E-state index is 0.0727. The molecule has 0 aliphatic heterocycles. The van der Waals surface area contributed by atoms with Crippen molar-refractivity contribution in [2.24, 2.45) is 0 Å². The minimum Gasteiger partial charge on any atom is -0.373 e. The van der Waals surface area contributed by atoms with Crippen LogP contribution in [-0.4, -0.2) is 29.2 Å². The van der Waals surface area contributed by atoms with Crippen molar-refractivity contribution in [1.29, 1.82) is 0 Å². The van der Waals surface area contributed by atoms with Gasteiger partial charge in [-0.15, -0.1) is 11.3 Å². The molecule has 0 bridgehead atoms. The van der Waals surface area contributed by atoms with E-state index in [0.717, 1.165) is 19.8 Å². The minimum atomic E-state index is -0.286. The zero-order chi connectivity index (χ0) is 15.6. The Morgan fingerprint density at radius 2 is 2.14 bits per heavy atom. The summed E-state index contributed by atoms with van der Waals surface area (Å²) in [6, 6.07) is 3.23. The largest absolute Gasteiger partial charge is 0.373 e. The average Bonchev–Trinajstić information content (AvgIpc) is 2.79. The Morgan fingerprint density at radius 3 is 2.67 bits per heavy atom. The molecule has 21 heavy (non-hydrogen) atoms. The first-order valence-electron chi connectivity index (χ1n) is 6.18. The monoisotopic (exact) mass is 433 g/mol. The van der Waals surface area contributed by atoms with E-state index in [-0.39, 0.29) is 17.9 Å². The fraction of sp³-hybridized carbons (Fsp3) is 0.308. The van der Waals surface area contributed by atoms with E-state index < -0.39 is 0 Å². The molecule has 8 heteroatoms. The Balaban J connectivity index is 2.22. The molecule has 2 rings (SSSR count). The zero-order valence-electron chi connectivity index (χ0n) is 11.5. The highest BCUT2D eigenvalue weighted by molar-refractivity contribution is 9.12. The molecule has 0 unspecified atom stereocenters. The molecule has 0 aliphatic rings. The maximum absolute atomic E-state index is 12.2. The number of hydrogen-bond donors (Lipinski definition) is 0. The molecule has 0 saturated heterocycles. The number of thiophene rings is 1. The van der Waals surface area contributed by atoms with Crippen molar-refractivity contribution in [3.63, 3.8) is 0 Å². The number of carbonyl (C=O) groups excluding carboxylic acids is 1. The number of aromatic nitrogens is 2. The number of ketones is 1. The molecule has 112 valence electrons. The lowest BCUT2D eigenvalue weighted by Gasteiger charge is -2.16. The van der Waals surface area contributed by atoms with Gasteiger partial charge in [0.15, 0.2) is 5.78 Å². The number of Topliss-reactive ketones (excluding diaryl/α,β-unsaturated/α-hetero) is 1. The number of nitrogens with zero attached hydrogens (tertiary/aromatic N) is 3. The van der Waals surface area contributed by atoms with Crippen LogP contribution in [0.4, 0.5) is 5.69 Å². The highest BCUT2D eigenvalue weighted by Crippen LogP contribution is 2.32. The fourth-order valence-electron chi connectivity index (χ4n) is 1.69. The lowest BCUT2D eigenvalue weighted by molar-refractivity contribution is 0.0965. The summed E-state index contributed by atoms with van der Waals surface area (Å²) in [7, 11) is 1.88. The Morgan fingerprint density at radius 1 is 1.43 bits per heavy atom. The van der Waals surface area contributed by atoms with Gasteiger partial charge in [-0.3, -0.25) is 9.59 Å². The standard InChI is InChI=1S/C13H13Br2N3O2S/c1-3-17(2)8-4-12(20)18(16-6-8)7-10(19)9-5-11(14)21-13(9)15/h4-6H,3,7H2,1-2H3. The molecule has 0 N–H and O–H groups in total. The van der Waals surface area contributed by atoms with Gasteiger partial charge >= 0.3 is 0 Å². The van der Waals surface area contributed by atoms with Crippen LogP contribution in [0.2, 0.25) is 0 Å². The summed E-state index contributed by atoms with van der Waals surface area (Å²) < 4.78 is 2.78. The van der Waals surface area contributed by atoms with Gasteiger partial charge in [-0.1, -0.05) is 0 Å². The molecule has 0 saturated carbocycles. The van der Waals surface area contributed by atoms with Crippen LogP contribution < -0.4 is 10.5 Å². The summed E-state index contributed by atoms with van der Waals surface area (Å²) in [4.78, 5) is 26.2. The third-order valence-electron chi connectivity index (χ3n) is 3.02. The second-order valence-corrected chi connectivity index (χ2v) is 8.13. The van der Waals surface area contributed by atoms with Crippen molar-refractivity contribution in [3.8, 4) is 0 Å². The van der Waals surface area contributed by atoms with Crippen LogP contribution in [0.25, 0.3) is 0 Å². The Hall–Kier alpha value is -0.990. The van der Waals surface area contributed by atoms with E-state index in [0.29, 0.717) is 5.56 Å². The van der Waals surface area contributed by atoms with Crippen LogP contribution in [0.3, 0.4) is 0 Å². The van der Waals surface area contributed by atoms with Gasteiger partial charge < -0.3 is 4.90 Å². The smallest absolute Gasteiger partial charge is 0.269 e. The Bertz CT molecular complexity index is 726. The van der Waals surface area contributed by atoms with Crippen LogP contribution in [0.15, 0.2) is 30.7 Å². The van der Waals surface area contributed by atoms with Gasteiger partial charge in [-0.05, 0) is 44.8 Å². The maximum atomic E-state index is 12.2. The van der Waals surface area contributed by atoms with Crippen LogP contribution in [0, 0.1) is 0 Å². The number of anilines is 1. The highest BCUT2D eigenvalue weighted by Gasteiger charge is 2.15. The number of carbonyl (C=O) groups is 1. The van der Waals surface area contributed by atoms with Crippen molar-refractivity contribution >= 4 is 54.7 Å². The molecule has 0 spiro atoms. The zero-order valence-corrected chi connectivity index (χ0v) is 15.5. The normalized spacial score (nSPS) is 10.7. The van der Waals surface area contributed by atoms with Gasteiger partial charge in [0.05, 0.1) is 19.5 Å². The lowest BCUT2D eigenvalue weighted by atomic mass is 10.2. The predicted octanol–water partition coefficient (Wildman–Crippen LogP) is 3.17. The molecule has 0 aliphatic carbocycles. The van der Waals surface area contributed by atoms with E-state index in [2.05, 4.69) is 37.0 Å². The number of halogens is 2. The van der Waals surface area contributed by atoms with Crippen molar-refractivity contribution in [1.82, 2.24) is 9.78 Å². The summed E-state index contributed by atoms with van der Waals surface area (Å²) >= 11 is 8.09.